The molecule has 0 N–H and O–H groups in total. The van der Waals surface area contributed by atoms with Gasteiger partial charge in [-0.3, -0.25) is 9.69 Å². The van der Waals surface area contributed by atoms with E-state index in [9.17, 15) is 49.1 Å². The molecule has 0 aromatic heterocycles. The first-order valence-corrected chi connectivity index (χ1v) is 17.4. The van der Waals surface area contributed by atoms with E-state index < -0.39 is 76.2 Å². The molecule has 55 heavy (non-hydrogen) atoms. The van der Waals surface area contributed by atoms with Gasteiger partial charge in [-0.2, -0.15) is 39.5 Å². The lowest BCUT2D eigenvalue weighted by atomic mass is 9.72. The fraction of sp³-hybridized carbons (Fsp3) is 0.436. The van der Waals surface area contributed by atoms with Crippen molar-refractivity contribution in [3.05, 3.63) is 99.4 Å². The van der Waals surface area contributed by atoms with Crippen molar-refractivity contribution >= 4 is 17.6 Å². The smallest absolute Gasteiger partial charge is 0.417 e. The number of rotatable bonds is 6. The molecule has 6 nitrogen and oxygen atoms in total. The van der Waals surface area contributed by atoms with E-state index in [1.165, 1.54) is 30.0 Å². The lowest BCUT2D eigenvalue weighted by Gasteiger charge is -2.35. The van der Waals surface area contributed by atoms with Gasteiger partial charge in [0.2, 0.25) is 0 Å². The van der Waals surface area contributed by atoms with Gasteiger partial charge >= 0.3 is 24.6 Å². The Bertz CT molecular complexity index is 1980. The average molecular weight is 787 g/mol. The summed E-state index contributed by atoms with van der Waals surface area (Å²) in [5.74, 6) is -1.36. The molecule has 296 valence electrons. The SMILES string of the molecule is C[C@H]1[C@@H](c2cc(C(F)(F)F)cc(C(F)(F)F)c2)OC(=O)N1CC1=C(c2cc(-c3ccc(C(=O)N4CCOCC4)cc3C(F)(F)F)ccc2F)CC(C)(C)CC1. The summed E-state index contributed by atoms with van der Waals surface area (Å²) in [6.45, 7) is 5.93. The fourth-order valence-corrected chi connectivity index (χ4v) is 7.34. The van der Waals surface area contributed by atoms with Crippen LogP contribution in [0.5, 0.6) is 0 Å². The van der Waals surface area contributed by atoms with Gasteiger partial charge in [0.25, 0.3) is 5.91 Å². The molecule has 3 aromatic carbocycles. The van der Waals surface area contributed by atoms with Crippen LogP contribution in [-0.4, -0.2) is 60.7 Å². The quantitative estimate of drug-likeness (QED) is 0.234. The van der Waals surface area contributed by atoms with Crippen molar-refractivity contribution in [2.75, 3.05) is 32.8 Å². The standard InChI is InChI=1S/C39H36F10N2O4/c1-21-33(25-14-26(37(41,42)43)18-27(15-25)38(44,45)46)55-35(53)51(21)20-24-8-9-36(2,3)19-30(24)29-16-22(5-7-32(29)40)28-6-4-23(17-31(28)39(47,48)49)34(52)50-10-12-54-13-11-50/h4-7,14-18,21,33H,8-13,19-20H2,1-3H3/t21-,33-/m0/s1. The Morgan fingerprint density at radius 1 is 0.836 bits per heavy atom. The van der Waals surface area contributed by atoms with Crippen molar-refractivity contribution in [1.29, 1.82) is 0 Å². The van der Waals surface area contributed by atoms with Crippen LogP contribution in [0.3, 0.4) is 0 Å². The molecule has 2 aliphatic heterocycles. The number of allylic oxidation sites excluding steroid dienone is 1. The second-order valence-corrected chi connectivity index (χ2v) is 14.8. The number of nitrogens with zero attached hydrogens (tertiary/aromatic N) is 2. The normalized spacial score (nSPS) is 20.9. The van der Waals surface area contributed by atoms with Crippen LogP contribution in [0, 0.1) is 11.2 Å². The molecule has 2 heterocycles. The summed E-state index contributed by atoms with van der Waals surface area (Å²) in [5, 5.41) is 0. The lowest BCUT2D eigenvalue weighted by molar-refractivity contribution is -0.143. The number of cyclic esters (lactones) is 1. The first-order valence-electron chi connectivity index (χ1n) is 17.4. The predicted molar refractivity (Wildman–Crippen MR) is 180 cm³/mol. The molecule has 0 radical (unpaired) electrons. The van der Waals surface area contributed by atoms with Crippen LogP contribution >= 0.6 is 0 Å². The van der Waals surface area contributed by atoms with Crippen molar-refractivity contribution in [3.63, 3.8) is 0 Å². The highest BCUT2D eigenvalue weighted by molar-refractivity contribution is 5.95. The van der Waals surface area contributed by atoms with Gasteiger partial charge in [0.1, 0.15) is 11.9 Å². The van der Waals surface area contributed by atoms with E-state index in [4.69, 9.17) is 9.47 Å². The van der Waals surface area contributed by atoms with E-state index in [0.717, 1.165) is 23.1 Å². The minimum absolute atomic E-state index is 0.00311. The molecule has 0 saturated carbocycles. The van der Waals surface area contributed by atoms with E-state index in [1.807, 2.05) is 13.8 Å². The summed E-state index contributed by atoms with van der Waals surface area (Å²) < 4.78 is 152. The topological polar surface area (TPSA) is 59.1 Å². The van der Waals surface area contributed by atoms with Crippen LogP contribution < -0.4 is 0 Å². The second kappa shape index (κ2) is 14.5. The van der Waals surface area contributed by atoms with Crippen LogP contribution in [0.4, 0.5) is 48.7 Å². The zero-order valence-electron chi connectivity index (χ0n) is 29.8. The van der Waals surface area contributed by atoms with E-state index in [-0.39, 0.29) is 67.6 Å². The van der Waals surface area contributed by atoms with Crippen LogP contribution in [0.2, 0.25) is 0 Å². The van der Waals surface area contributed by atoms with Gasteiger partial charge < -0.3 is 14.4 Å². The maximum Gasteiger partial charge on any atom is 0.417 e. The van der Waals surface area contributed by atoms with Crippen LogP contribution in [-0.2, 0) is 28.0 Å². The highest BCUT2D eigenvalue weighted by atomic mass is 19.4. The Labute approximate surface area is 309 Å². The minimum atomic E-state index is -5.13. The number of halogens is 10. The van der Waals surface area contributed by atoms with E-state index in [2.05, 4.69) is 0 Å². The minimum Gasteiger partial charge on any atom is -0.439 e. The van der Waals surface area contributed by atoms with Crippen LogP contribution in [0.1, 0.15) is 84.3 Å². The van der Waals surface area contributed by atoms with Crippen molar-refractivity contribution in [3.8, 4) is 11.1 Å². The largest absolute Gasteiger partial charge is 0.439 e. The number of hydrogen-bond acceptors (Lipinski definition) is 4. The molecule has 3 aromatic rings. The molecule has 2 fully saturated rings. The van der Waals surface area contributed by atoms with Crippen molar-refractivity contribution in [2.24, 2.45) is 5.41 Å². The van der Waals surface area contributed by atoms with Gasteiger partial charge in [0.15, 0.2) is 0 Å². The number of amides is 2. The van der Waals surface area contributed by atoms with Gasteiger partial charge in [-0.25, -0.2) is 9.18 Å². The van der Waals surface area contributed by atoms with Crippen molar-refractivity contribution in [2.45, 2.75) is 70.7 Å². The predicted octanol–water partition coefficient (Wildman–Crippen LogP) is 10.6. The zero-order valence-corrected chi connectivity index (χ0v) is 29.8. The Balaban J connectivity index is 1.37. The molecule has 0 spiro atoms. The molecule has 16 heteroatoms. The van der Waals surface area contributed by atoms with E-state index in [0.29, 0.717) is 36.1 Å². The fourth-order valence-electron chi connectivity index (χ4n) is 7.34. The third-order valence-electron chi connectivity index (χ3n) is 10.4. The molecule has 2 saturated heterocycles. The molecule has 0 bridgehead atoms. The Hall–Kier alpha value is -4.60. The first kappa shape index (κ1) is 40.1. The maximum absolute atomic E-state index is 15.8. The molecule has 3 aliphatic rings. The number of ether oxygens (including phenoxy) is 2. The number of alkyl halides is 9. The summed E-state index contributed by atoms with van der Waals surface area (Å²) in [4.78, 5) is 28.8. The number of hydrogen-bond donors (Lipinski definition) is 0. The van der Waals surface area contributed by atoms with Crippen molar-refractivity contribution in [1.82, 2.24) is 9.80 Å². The molecular weight excluding hydrogens is 750 g/mol. The van der Waals surface area contributed by atoms with Crippen molar-refractivity contribution < 1.29 is 63.0 Å². The molecule has 1 aliphatic carbocycles. The highest BCUT2D eigenvalue weighted by Crippen LogP contribution is 2.47. The van der Waals surface area contributed by atoms with Gasteiger partial charge in [-0.15, -0.1) is 0 Å². The van der Waals surface area contributed by atoms with E-state index >= 15 is 4.39 Å². The number of carbonyl (C=O) groups is 2. The summed E-state index contributed by atoms with van der Waals surface area (Å²) in [6.07, 6.45) is -16.6. The summed E-state index contributed by atoms with van der Waals surface area (Å²) >= 11 is 0. The lowest BCUT2D eigenvalue weighted by Crippen LogP contribution is -2.40. The molecule has 2 atom stereocenters. The molecule has 6 rings (SSSR count). The first-order chi connectivity index (χ1) is 25.5. The molecule has 0 unspecified atom stereocenters. The third kappa shape index (κ3) is 8.48. The Morgan fingerprint density at radius 2 is 1.47 bits per heavy atom. The second-order valence-electron chi connectivity index (χ2n) is 14.8. The molecular formula is C39H36F10N2O4. The van der Waals surface area contributed by atoms with Gasteiger partial charge in [-0.1, -0.05) is 26.0 Å². The highest BCUT2D eigenvalue weighted by Gasteiger charge is 2.44. The summed E-state index contributed by atoms with van der Waals surface area (Å²) in [7, 11) is 0. The zero-order chi connectivity index (χ0) is 40.2. The summed E-state index contributed by atoms with van der Waals surface area (Å²) in [6, 6.07) is 6.61. The summed E-state index contributed by atoms with van der Waals surface area (Å²) in [5.41, 5.74) is -4.80. The maximum atomic E-state index is 15.8. The van der Waals surface area contributed by atoms with Gasteiger partial charge in [-0.05, 0) is 102 Å². The average Bonchev–Trinajstić information content (AvgIpc) is 3.39. The Kier molecular flexibility index (Phi) is 10.5. The van der Waals surface area contributed by atoms with Crippen LogP contribution in [0.25, 0.3) is 16.7 Å². The third-order valence-corrected chi connectivity index (χ3v) is 10.4. The number of morpholine rings is 1. The Morgan fingerprint density at radius 3 is 2.07 bits per heavy atom. The monoisotopic (exact) mass is 786 g/mol. The van der Waals surface area contributed by atoms with Gasteiger partial charge in [0.05, 0.1) is 35.9 Å². The number of carbonyl (C=O) groups excluding carboxylic acids is 2. The number of benzene rings is 3. The van der Waals surface area contributed by atoms with Gasteiger partial charge in [0, 0.05) is 30.8 Å². The van der Waals surface area contributed by atoms with Crippen LogP contribution in [0.15, 0.2) is 60.2 Å². The molecule has 2 amide bonds. The van der Waals surface area contributed by atoms with E-state index in [1.54, 1.807) is 0 Å².